The summed E-state index contributed by atoms with van der Waals surface area (Å²) in [5.41, 5.74) is 5.72. The summed E-state index contributed by atoms with van der Waals surface area (Å²) in [6.07, 6.45) is -20.6. The van der Waals surface area contributed by atoms with Gasteiger partial charge in [-0.05, 0) is 60.9 Å². The predicted molar refractivity (Wildman–Crippen MR) is 341 cm³/mol. The molecule has 0 unspecified atom stereocenters. The Balaban J connectivity index is 0.000000624. The maximum atomic E-state index is 12.9. The van der Waals surface area contributed by atoms with E-state index in [9.17, 15) is 96.6 Å². The van der Waals surface area contributed by atoms with E-state index in [0.717, 1.165) is 68.2 Å². The number of hydrogen-bond donors (Lipinski definition) is 4. The molecule has 0 spiro atoms. The number of rotatable bonds is 11. The van der Waals surface area contributed by atoms with E-state index in [4.69, 9.17) is 97.0 Å². The first-order chi connectivity index (χ1) is 47.1. The monoisotopic (exact) mass is 1710 g/mol. The summed E-state index contributed by atoms with van der Waals surface area (Å²) in [4.78, 5) is 43.2. The lowest BCUT2D eigenvalue weighted by atomic mass is 9.83. The van der Waals surface area contributed by atoms with E-state index >= 15 is 0 Å². The van der Waals surface area contributed by atoms with E-state index in [1.165, 1.54) is 30.3 Å². The highest BCUT2D eigenvalue weighted by atomic mass is 79.9. The van der Waals surface area contributed by atoms with Crippen LogP contribution in [0.15, 0.2) is 111 Å². The maximum Gasteiger partial charge on any atom is 0.491 e. The second-order valence-corrected chi connectivity index (χ2v) is 23.9. The molecule has 0 aromatic carbocycles. The van der Waals surface area contributed by atoms with Crippen LogP contribution in [-0.2, 0) is 36.6 Å². The van der Waals surface area contributed by atoms with Crippen molar-refractivity contribution in [3.8, 4) is 33.4 Å². The van der Waals surface area contributed by atoms with E-state index in [1.807, 2.05) is 0 Å². The van der Waals surface area contributed by atoms with Crippen molar-refractivity contribution in [3.05, 3.63) is 200 Å². The van der Waals surface area contributed by atoms with Crippen molar-refractivity contribution in [1.82, 2.24) is 70.9 Å². The normalized spacial score (nSPS) is 11.4. The molecule has 0 bridgehead atoms. The molecule has 568 valence electrons. The molecule has 9 N–H and O–H groups in total. The molecule has 0 saturated carbocycles. The van der Waals surface area contributed by atoms with Crippen LogP contribution in [0.3, 0.4) is 0 Å². The first-order valence-corrected chi connectivity index (χ1v) is 30.1. The summed E-state index contributed by atoms with van der Waals surface area (Å²) in [5.74, 6) is -5.28. The molecule has 0 radical (unpaired) electrons. The van der Waals surface area contributed by atoms with Crippen LogP contribution in [0.4, 0.5) is 96.6 Å². The van der Waals surface area contributed by atoms with Crippen LogP contribution in [0.25, 0.3) is 33.4 Å². The van der Waals surface area contributed by atoms with Crippen molar-refractivity contribution < 1.29 is 112 Å². The highest BCUT2D eigenvalue weighted by molar-refractivity contribution is 9.08. The van der Waals surface area contributed by atoms with Gasteiger partial charge < -0.3 is 27.4 Å². The summed E-state index contributed by atoms with van der Waals surface area (Å²) in [6.45, 7) is 3.29. The van der Waals surface area contributed by atoms with Crippen molar-refractivity contribution in [3.63, 3.8) is 0 Å². The fraction of sp³-hybridized carbons (Fsp3) is 0.255. The molecule has 0 saturated heterocycles. The highest BCUT2D eigenvalue weighted by Gasteiger charge is 2.37. The fourth-order valence-corrected chi connectivity index (χ4v) is 7.82. The van der Waals surface area contributed by atoms with Gasteiger partial charge in [-0.15, -0.1) is 0 Å². The molecule has 0 aliphatic carbocycles. The van der Waals surface area contributed by atoms with Crippen molar-refractivity contribution in [1.29, 1.82) is 0 Å². The van der Waals surface area contributed by atoms with Crippen LogP contribution in [-0.4, -0.2) is 90.7 Å². The molecular weight excluding hydrogens is 1680 g/mol. The van der Waals surface area contributed by atoms with Gasteiger partial charge in [0.05, 0.1) is 32.6 Å². The molecule has 0 aliphatic heterocycles. The minimum absolute atomic E-state index is 0. The summed E-state index contributed by atoms with van der Waals surface area (Å²) in [6, 6.07) is 6.61. The SMILES string of the molecule is Cc1cc(-c2cnc(C(F)(F)F)nc2)c(C(F)F)cn1.Cc1cc(Cl)c(C(F)F)cn1.ClC(Cl)(Cl)Cl.FC(F)c1cnc(CBr)cc1-c1cnc(C(F)(F)F)nc1.FC(F)c1cnc(Cl)cc1Cl.N.NCc1cc(-c2cnc(C(F)(F)F)nc2)c(C(F)F)cn1.O.OB(O)c1cnc(C(F)(F)F)nc1. The molecule has 9 heterocycles. The van der Waals surface area contributed by atoms with Crippen LogP contribution in [0, 0.1) is 13.8 Å². The number of alkyl halides is 27. The molecule has 9 aromatic rings. The molecule has 0 atom stereocenters. The number of nitrogens with two attached hydrogens (primary N) is 1. The molecular formula is C55H42BBrCl7F22N15O3. The number of nitrogens with zero attached hydrogens (tertiary/aromatic N) is 13. The number of halogens is 30. The van der Waals surface area contributed by atoms with Crippen LogP contribution >= 0.6 is 97.1 Å². The van der Waals surface area contributed by atoms with Gasteiger partial charge in [0, 0.05) is 143 Å². The number of aromatic nitrogens is 13. The predicted octanol–water partition coefficient (Wildman–Crippen LogP) is 18.5. The largest absolute Gasteiger partial charge is 0.491 e. The van der Waals surface area contributed by atoms with Crippen molar-refractivity contribution in [2.24, 2.45) is 5.73 Å². The average molecular weight is 1720 g/mol. The highest BCUT2D eigenvalue weighted by Crippen LogP contribution is 2.37. The summed E-state index contributed by atoms with van der Waals surface area (Å²) < 4.78 is 271. The number of aryl methyl sites for hydroxylation is 2. The second-order valence-electron chi connectivity index (χ2n) is 18.7. The van der Waals surface area contributed by atoms with E-state index in [0.29, 0.717) is 40.5 Å². The van der Waals surface area contributed by atoms with Gasteiger partial charge in [-0.2, -0.15) is 52.7 Å². The van der Waals surface area contributed by atoms with E-state index in [2.05, 4.69) is 80.7 Å². The van der Waals surface area contributed by atoms with Gasteiger partial charge in [-0.3, -0.25) is 19.9 Å². The van der Waals surface area contributed by atoms with E-state index in [1.54, 1.807) is 13.8 Å². The van der Waals surface area contributed by atoms with E-state index in [-0.39, 0.29) is 94.5 Å². The van der Waals surface area contributed by atoms with Crippen LogP contribution in [0.2, 0.25) is 15.2 Å². The molecule has 9 rings (SSSR count). The molecule has 49 heteroatoms. The second kappa shape index (κ2) is 42.3. The quantitative estimate of drug-likeness (QED) is 0.0405. The Bertz CT molecular complexity index is 3930. The van der Waals surface area contributed by atoms with Gasteiger partial charge in [-0.1, -0.05) is 97.1 Å². The third kappa shape index (κ3) is 31.9. The Labute approximate surface area is 614 Å². The Kier molecular flexibility index (Phi) is 38.6. The fourth-order valence-electron chi connectivity index (χ4n) is 6.78. The van der Waals surface area contributed by atoms with Gasteiger partial charge in [0.1, 0.15) is 5.15 Å². The lowest BCUT2D eigenvalue weighted by Crippen LogP contribution is -2.31. The standard InChI is InChI=1S/C12H7BrF5N3.C12H9F5N4.C12H8F5N3.C7H6ClF2N.C6H3Cl2F2N.C5H4BF3N2O2.CCl4.H3N.H2O/c13-2-7-1-8(9(5-19-7)10(14)15)6-3-20-11(21-4-6)12(16,17)18;13-10(14)9-5-19-7(2-18)1-8(9)6-3-20-11(21-4-6)12(15,16)17;1-6-2-8(9(5-18-6)10(13)14)7-3-19-11(20-4-7)12(15,16)17;1-4-2-6(8)5(3-11-4)7(9)10;7-4-1-5(8)11-2-3(4)6(9)10;7-5(8,9)4-10-1-3(2-11-4)6(12)13;2-1(3,4)5;;/h1,3-5,10H,2H2;1,3-5,10H,2,18H2;2-5,10H,1H3;2-3,7H,1H3;1-2,6H;1-2,12-13H;;1H3;1H2. The molecule has 0 amide bonds. The molecule has 104 heavy (non-hydrogen) atoms. The Hall–Kier alpha value is -7.10. The minimum atomic E-state index is -4.69. The minimum Gasteiger partial charge on any atom is -0.423 e. The topological polar surface area (TPSA) is 301 Å². The number of pyridine rings is 5. The van der Waals surface area contributed by atoms with Crippen molar-refractivity contribution >= 4 is 110 Å². The van der Waals surface area contributed by atoms with Crippen molar-refractivity contribution in [2.75, 3.05) is 0 Å². The first-order valence-electron chi connectivity index (χ1n) is 26.3. The van der Waals surface area contributed by atoms with Crippen LogP contribution in [0.5, 0.6) is 0 Å². The van der Waals surface area contributed by atoms with Crippen LogP contribution in [0.1, 0.15) is 106 Å². The zero-order valence-corrected chi connectivity index (χ0v) is 58.0. The Morgan fingerprint density at radius 1 is 0.394 bits per heavy atom. The van der Waals surface area contributed by atoms with Gasteiger partial charge >= 0.3 is 31.8 Å². The first kappa shape index (κ1) is 94.9. The summed E-state index contributed by atoms with van der Waals surface area (Å²) >= 11 is 38.7. The van der Waals surface area contributed by atoms with Gasteiger partial charge in [0.25, 0.3) is 35.4 Å². The Morgan fingerprint density at radius 2 is 0.654 bits per heavy atom. The zero-order chi connectivity index (χ0) is 77.6. The average Bonchev–Trinajstić information content (AvgIpc) is 0.812. The third-order valence-electron chi connectivity index (χ3n) is 11.3. The summed E-state index contributed by atoms with van der Waals surface area (Å²) in [5, 5.41) is 17.5. The molecule has 9 aromatic heterocycles. The van der Waals surface area contributed by atoms with E-state index < -0.39 is 96.1 Å². The van der Waals surface area contributed by atoms with Gasteiger partial charge in [0.2, 0.25) is 23.3 Å². The third-order valence-corrected chi connectivity index (χ3v) is 12.8. The summed E-state index contributed by atoms with van der Waals surface area (Å²) in [7, 11) is -1.86. The van der Waals surface area contributed by atoms with Gasteiger partial charge in [-0.25, -0.2) is 88.8 Å². The van der Waals surface area contributed by atoms with Gasteiger partial charge in [0.15, 0.2) is 0 Å². The number of hydrogen-bond acceptors (Lipinski definition) is 17. The smallest absolute Gasteiger partial charge is 0.423 e. The lowest BCUT2D eigenvalue weighted by molar-refractivity contribution is -0.145. The maximum absolute atomic E-state index is 12.9. The molecule has 0 fully saturated rings. The molecule has 18 nitrogen and oxygen atoms in total. The zero-order valence-electron chi connectivity index (χ0n) is 51.1. The van der Waals surface area contributed by atoms with Crippen molar-refractivity contribution in [2.45, 2.75) is 85.8 Å². The molecule has 0 aliphatic rings. The van der Waals surface area contributed by atoms with Crippen LogP contribution < -0.4 is 17.3 Å². The lowest BCUT2D eigenvalue weighted by Gasteiger charge is -2.11. The Morgan fingerprint density at radius 3 is 0.933 bits per heavy atom.